The fourth-order valence-corrected chi connectivity index (χ4v) is 2.12. The van der Waals surface area contributed by atoms with Crippen molar-refractivity contribution in [1.82, 2.24) is 0 Å². The monoisotopic (exact) mass is 274 g/mol. The summed E-state index contributed by atoms with van der Waals surface area (Å²) in [5.74, 6) is -0.282. The molecule has 0 saturated heterocycles. The molecular formula is C14H12NO3S-. The van der Waals surface area contributed by atoms with Crippen LogP contribution in [0.3, 0.4) is 0 Å². The minimum Gasteiger partial charge on any atom is -0.772 e. The van der Waals surface area contributed by atoms with Crippen LogP contribution in [0, 0.1) is 0 Å². The normalized spacial score (nSPS) is 11.8. The zero-order chi connectivity index (χ0) is 13.7. The molecule has 0 heterocycles. The molecule has 1 amide bonds. The molecule has 1 N–H and O–H groups in total. The van der Waals surface area contributed by atoms with Gasteiger partial charge in [0.2, 0.25) is 0 Å². The standard InChI is InChI=1S/C14H13NO3S/c16-14(12-6-2-1-3-7-12)15-13-8-4-5-11(9-13)10-19(17)18/h1-9H,10H2,(H,15,16)(H,17,18)/p-1. The maximum atomic E-state index is 11.9. The molecular weight excluding hydrogens is 262 g/mol. The summed E-state index contributed by atoms with van der Waals surface area (Å²) in [5, 5.41) is 2.73. The molecule has 19 heavy (non-hydrogen) atoms. The van der Waals surface area contributed by atoms with Crippen molar-refractivity contribution in [2.24, 2.45) is 0 Å². The lowest BCUT2D eigenvalue weighted by atomic mass is 10.2. The first kappa shape index (κ1) is 13.5. The Bertz CT molecular complexity index is 599. The van der Waals surface area contributed by atoms with Gasteiger partial charge in [0.15, 0.2) is 0 Å². The maximum Gasteiger partial charge on any atom is 0.255 e. The lowest BCUT2D eigenvalue weighted by molar-refractivity contribution is 0.102. The SMILES string of the molecule is O=C(Nc1cccc(CS(=O)[O-])c1)c1ccccc1. The molecule has 0 spiro atoms. The van der Waals surface area contributed by atoms with Crippen LogP contribution >= 0.6 is 0 Å². The maximum absolute atomic E-state index is 11.9. The molecule has 0 aliphatic carbocycles. The number of rotatable bonds is 4. The van der Waals surface area contributed by atoms with Crippen LogP contribution in [0.15, 0.2) is 54.6 Å². The van der Waals surface area contributed by atoms with Gasteiger partial charge in [0.1, 0.15) is 0 Å². The number of carbonyl (C=O) groups is 1. The molecule has 4 nitrogen and oxygen atoms in total. The van der Waals surface area contributed by atoms with E-state index in [4.69, 9.17) is 0 Å². The minimum atomic E-state index is -2.14. The van der Waals surface area contributed by atoms with Crippen LogP contribution in [0.4, 0.5) is 5.69 Å². The first-order valence-corrected chi connectivity index (χ1v) is 6.91. The number of hydrogen-bond acceptors (Lipinski definition) is 3. The van der Waals surface area contributed by atoms with E-state index in [-0.39, 0.29) is 11.7 Å². The van der Waals surface area contributed by atoms with Crippen molar-refractivity contribution in [3.8, 4) is 0 Å². The average molecular weight is 274 g/mol. The summed E-state index contributed by atoms with van der Waals surface area (Å²) >= 11 is -2.14. The van der Waals surface area contributed by atoms with Gasteiger partial charge in [0.05, 0.1) is 0 Å². The number of nitrogens with one attached hydrogen (secondary N) is 1. The van der Waals surface area contributed by atoms with Gasteiger partial charge in [-0.1, -0.05) is 41.4 Å². The van der Waals surface area contributed by atoms with E-state index in [1.807, 2.05) is 6.07 Å². The Morgan fingerprint density at radius 3 is 2.53 bits per heavy atom. The third-order valence-electron chi connectivity index (χ3n) is 2.51. The summed E-state index contributed by atoms with van der Waals surface area (Å²) in [4.78, 5) is 11.9. The Morgan fingerprint density at radius 2 is 1.84 bits per heavy atom. The molecule has 2 rings (SSSR count). The Morgan fingerprint density at radius 1 is 1.11 bits per heavy atom. The van der Waals surface area contributed by atoms with E-state index in [9.17, 15) is 13.6 Å². The quantitative estimate of drug-likeness (QED) is 0.870. The largest absolute Gasteiger partial charge is 0.772 e. The zero-order valence-electron chi connectivity index (χ0n) is 10.0. The highest BCUT2D eigenvalue weighted by molar-refractivity contribution is 7.78. The molecule has 2 aromatic carbocycles. The molecule has 98 valence electrons. The third kappa shape index (κ3) is 4.01. The second kappa shape index (κ2) is 6.26. The van der Waals surface area contributed by atoms with Crippen molar-refractivity contribution in [3.05, 3.63) is 65.7 Å². The number of carbonyl (C=O) groups excluding carboxylic acids is 1. The van der Waals surface area contributed by atoms with Crippen molar-refractivity contribution in [3.63, 3.8) is 0 Å². The van der Waals surface area contributed by atoms with Gasteiger partial charge in [-0.15, -0.1) is 0 Å². The van der Waals surface area contributed by atoms with Crippen LogP contribution in [0.25, 0.3) is 0 Å². The topological polar surface area (TPSA) is 69.2 Å². The highest BCUT2D eigenvalue weighted by atomic mass is 32.2. The summed E-state index contributed by atoms with van der Waals surface area (Å²) in [6, 6.07) is 15.6. The van der Waals surface area contributed by atoms with Crippen molar-refractivity contribution in [2.75, 3.05) is 5.32 Å². The predicted molar refractivity (Wildman–Crippen MR) is 73.5 cm³/mol. The van der Waals surface area contributed by atoms with Gasteiger partial charge in [-0.3, -0.25) is 9.00 Å². The Hall–Kier alpha value is -1.98. The zero-order valence-corrected chi connectivity index (χ0v) is 10.9. The number of hydrogen-bond donors (Lipinski definition) is 1. The summed E-state index contributed by atoms with van der Waals surface area (Å²) in [6.07, 6.45) is 0. The van der Waals surface area contributed by atoms with Gasteiger partial charge >= 0.3 is 0 Å². The molecule has 0 fully saturated rings. The molecule has 0 aromatic heterocycles. The van der Waals surface area contributed by atoms with Crippen LogP contribution in [0.2, 0.25) is 0 Å². The van der Waals surface area contributed by atoms with Crippen LogP contribution < -0.4 is 5.32 Å². The Kier molecular flexibility index (Phi) is 4.43. The Balaban J connectivity index is 2.11. The smallest absolute Gasteiger partial charge is 0.255 e. The fraction of sp³-hybridized carbons (Fsp3) is 0.0714. The molecule has 0 bridgehead atoms. The average Bonchev–Trinajstić information content (AvgIpc) is 2.39. The van der Waals surface area contributed by atoms with Crippen LogP contribution in [0.5, 0.6) is 0 Å². The van der Waals surface area contributed by atoms with Crippen molar-refractivity contribution >= 4 is 22.7 Å². The lowest BCUT2D eigenvalue weighted by Gasteiger charge is -2.08. The van der Waals surface area contributed by atoms with Gasteiger partial charge in [0, 0.05) is 17.0 Å². The van der Waals surface area contributed by atoms with E-state index < -0.39 is 11.1 Å². The predicted octanol–water partition coefficient (Wildman–Crippen LogP) is 2.32. The van der Waals surface area contributed by atoms with E-state index in [0.29, 0.717) is 16.8 Å². The second-order valence-electron chi connectivity index (χ2n) is 3.97. The number of anilines is 1. The first-order chi connectivity index (χ1) is 9.15. The van der Waals surface area contributed by atoms with Gasteiger partial charge in [0.25, 0.3) is 5.91 Å². The molecule has 0 radical (unpaired) electrons. The molecule has 1 unspecified atom stereocenters. The van der Waals surface area contributed by atoms with Gasteiger partial charge in [-0.2, -0.15) is 0 Å². The number of benzene rings is 2. The first-order valence-electron chi connectivity index (χ1n) is 5.66. The summed E-state index contributed by atoms with van der Waals surface area (Å²) in [7, 11) is 0. The second-order valence-corrected chi connectivity index (χ2v) is 4.86. The van der Waals surface area contributed by atoms with Crippen molar-refractivity contribution in [2.45, 2.75) is 5.75 Å². The van der Waals surface area contributed by atoms with E-state index in [1.165, 1.54) is 0 Å². The highest BCUT2D eigenvalue weighted by Gasteiger charge is 2.05. The molecule has 0 saturated carbocycles. The molecule has 2 aromatic rings. The lowest BCUT2D eigenvalue weighted by Crippen LogP contribution is -2.11. The van der Waals surface area contributed by atoms with Crippen LogP contribution in [-0.2, 0) is 16.8 Å². The Labute approximate surface area is 113 Å². The van der Waals surface area contributed by atoms with Crippen molar-refractivity contribution < 1.29 is 13.6 Å². The van der Waals surface area contributed by atoms with E-state index in [2.05, 4.69) is 5.32 Å². The van der Waals surface area contributed by atoms with Gasteiger partial charge in [-0.05, 0) is 29.8 Å². The van der Waals surface area contributed by atoms with Crippen LogP contribution in [-0.4, -0.2) is 14.7 Å². The van der Waals surface area contributed by atoms with Crippen LogP contribution in [0.1, 0.15) is 15.9 Å². The summed E-state index contributed by atoms with van der Waals surface area (Å²) in [5.41, 5.74) is 1.77. The molecule has 0 aliphatic rings. The van der Waals surface area contributed by atoms with Gasteiger partial charge in [-0.25, -0.2) is 0 Å². The van der Waals surface area contributed by atoms with Gasteiger partial charge < -0.3 is 9.87 Å². The molecule has 5 heteroatoms. The molecule has 1 atom stereocenters. The van der Waals surface area contributed by atoms with Crippen molar-refractivity contribution in [1.29, 1.82) is 0 Å². The summed E-state index contributed by atoms with van der Waals surface area (Å²) in [6.45, 7) is 0. The minimum absolute atomic E-state index is 0.0605. The van der Waals surface area contributed by atoms with E-state index in [1.54, 1.807) is 48.5 Å². The third-order valence-corrected chi connectivity index (χ3v) is 3.07. The molecule has 0 aliphatic heterocycles. The highest BCUT2D eigenvalue weighted by Crippen LogP contribution is 2.13. The number of amides is 1. The summed E-state index contributed by atoms with van der Waals surface area (Å²) < 4.78 is 21.3. The van der Waals surface area contributed by atoms with E-state index in [0.717, 1.165) is 0 Å². The van der Waals surface area contributed by atoms with E-state index >= 15 is 0 Å². The fourth-order valence-electron chi connectivity index (χ4n) is 1.67.